The molecule has 0 saturated carbocycles. The van der Waals surface area contributed by atoms with Crippen molar-refractivity contribution >= 4 is 90.1 Å². The third kappa shape index (κ3) is 28.2. The number of nitrogens with one attached hydrogen (secondary N) is 2. The average Bonchev–Trinajstić information content (AvgIpc) is 1.51. The minimum Gasteiger partial charge on any atom is -0.508 e. The van der Waals surface area contributed by atoms with Crippen LogP contribution < -0.4 is 20.4 Å². The first-order chi connectivity index (χ1) is 61.8. The molecule has 3 amide bonds. The lowest BCUT2D eigenvalue weighted by Crippen LogP contribution is -2.35. The maximum atomic E-state index is 12.1. The highest BCUT2D eigenvalue weighted by Gasteiger charge is 2.44. The summed E-state index contributed by atoms with van der Waals surface area (Å²) in [4.78, 5) is 55.1. The van der Waals surface area contributed by atoms with Crippen LogP contribution >= 0.6 is 22.9 Å². The number of hydrogen-bond donors (Lipinski definition) is 10. The predicted molar refractivity (Wildman–Crippen MR) is 506 cm³/mol. The summed E-state index contributed by atoms with van der Waals surface area (Å²) < 4.78 is 19.7. The molecular formula is C99H125ClN14O14S. The van der Waals surface area contributed by atoms with E-state index in [-0.39, 0.29) is 35.3 Å². The van der Waals surface area contributed by atoms with Crippen LogP contribution in [0.2, 0.25) is 5.02 Å². The largest absolute Gasteiger partial charge is 0.508 e. The highest BCUT2D eigenvalue weighted by molar-refractivity contribution is 7.22. The van der Waals surface area contributed by atoms with Gasteiger partial charge in [-0.05, 0) is 211 Å². The van der Waals surface area contributed by atoms with Crippen LogP contribution in [0.5, 0.6) is 28.7 Å². The number of halogens is 1. The Bertz CT molecular complexity index is 5860. The highest BCUT2D eigenvalue weighted by atomic mass is 35.5. The number of hydroxylamine groups is 3. The number of para-hydroxylation sites is 4. The molecule has 5 aromatic heterocycles. The number of aliphatic hydroxyl groups excluding tert-OH is 1. The number of aromatic nitrogens is 7. The van der Waals surface area contributed by atoms with Gasteiger partial charge in [0, 0.05) is 51.7 Å². The third-order valence-electron chi connectivity index (χ3n) is 22.2. The van der Waals surface area contributed by atoms with Gasteiger partial charge in [0.25, 0.3) is 5.91 Å². The number of benzene rings is 8. The number of aryl methyl sites for hydroxylation is 5. The minimum atomic E-state index is -1.41. The van der Waals surface area contributed by atoms with Gasteiger partial charge < -0.3 is 55.6 Å². The Morgan fingerprint density at radius 3 is 1.67 bits per heavy atom. The van der Waals surface area contributed by atoms with E-state index in [0.29, 0.717) is 51.2 Å². The van der Waals surface area contributed by atoms with Crippen LogP contribution in [-0.4, -0.2) is 166 Å². The normalized spacial score (nSPS) is 14.5. The molecular weight excluding hydrogens is 1680 g/mol. The van der Waals surface area contributed by atoms with E-state index in [2.05, 4.69) is 48.5 Å². The monoisotopic (exact) mass is 1800 g/mol. The molecule has 30 heteroatoms. The van der Waals surface area contributed by atoms with Crippen LogP contribution in [0, 0.1) is 63.2 Å². The van der Waals surface area contributed by atoms with E-state index in [4.69, 9.17) is 36.8 Å². The van der Waals surface area contributed by atoms with Crippen LogP contribution in [-0.2, 0) is 25.5 Å². The zero-order valence-electron chi connectivity index (χ0n) is 76.1. The number of piperidine rings is 1. The number of aliphatic hydroxyl groups is 2. The number of urea groups is 1. The number of amides is 3. The summed E-state index contributed by atoms with van der Waals surface area (Å²) in [6.45, 7) is 23.1. The van der Waals surface area contributed by atoms with Crippen LogP contribution in [0.3, 0.4) is 0 Å². The first-order valence-electron chi connectivity index (χ1n) is 44.3. The summed E-state index contributed by atoms with van der Waals surface area (Å²) in [7, 11) is 2.79. The van der Waals surface area contributed by atoms with Gasteiger partial charge in [-0.15, -0.1) is 28.1 Å². The standard InChI is InChI=1S/C27H41NO2.C14H12ClN3O.C14H13N3O.C11H12N2O3.C11H17NO3.C11H16O2.C8H8N2OS.C3H6N2O/c1-3-4-5-6-7-8-9-10-11-12-13-14-15-16-21-30-27(29)26(23-28)22-25-19-17-24(2)18-20-25;1-8-5-9(2)14(19)13(6-8)18-16-11-4-3-10(15)7-12(11)17(16)18;1-9-7-10(2)14(18)13(8-9)17-15-11-5-3-4-6-12(11)16(15)17;1-8(11(14)13(2)15)16-10-6-4-3-5-9(10)7-12;1-11(15)7-8(9(13)10(11)14)12-5-3-2-4-6-12;1-3-8(2)6-9-7-10(12)4-5-11(9)13;1-10(11)8-9-6-4-2-3-5-7(6)12-8;6-3-4-1-2-5-3/h17-20,22H,3-16,21H2,1-2H3;3-7,19H,1-2H3;3-8,18H,1-2H3;3-6,8,15H,1-2H3;13,15H,2-7H2,1H3;4-5,7-8,12-13H,3,6H2,1-2H3;2-5,11H,1H3;1-2H2,(H2,4,5,6). The highest BCUT2D eigenvalue weighted by Crippen LogP contribution is 2.38. The number of likely N-dealkylation sites (N-methyl/N-ethyl adjacent to an activating group) is 1. The van der Waals surface area contributed by atoms with Gasteiger partial charge in [-0.25, -0.2) is 24.7 Å². The quantitative estimate of drug-likeness (QED) is 0.00435. The van der Waals surface area contributed by atoms with E-state index >= 15 is 0 Å². The number of rotatable bonds is 27. The second-order valence-corrected chi connectivity index (χ2v) is 34.6. The lowest BCUT2D eigenvalue weighted by atomic mass is 9.98. The molecule has 2 aliphatic heterocycles. The fourth-order valence-electron chi connectivity index (χ4n) is 14.8. The van der Waals surface area contributed by atoms with E-state index in [1.54, 1.807) is 43.5 Å². The number of phenolic OH excluding ortho intramolecular Hbond substituents is 4. The molecule has 0 radical (unpaired) electrons. The van der Waals surface area contributed by atoms with Crippen LogP contribution in [0.25, 0.3) is 49.7 Å². The molecule has 28 nitrogen and oxygen atoms in total. The number of phenols is 4. The van der Waals surface area contributed by atoms with Crippen LogP contribution in [0.4, 0.5) is 9.93 Å². The number of aromatic hydroxyl groups is 4. The predicted octanol–water partition coefficient (Wildman–Crippen LogP) is 20.3. The number of hydrogen-bond acceptors (Lipinski definition) is 20. The van der Waals surface area contributed by atoms with Gasteiger partial charge in [0.15, 0.2) is 11.9 Å². The molecule has 3 unspecified atom stereocenters. The number of likely N-dealkylation sites (tertiary alicyclic amines) is 1. The molecule has 2 saturated heterocycles. The summed E-state index contributed by atoms with van der Waals surface area (Å²) >= 11 is 7.47. The van der Waals surface area contributed by atoms with Gasteiger partial charge >= 0.3 is 12.0 Å². The van der Waals surface area contributed by atoms with Crippen molar-refractivity contribution in [3.05, 3.63) is 224 Å². The number of ether oxygens (including phenoxy) is 2. The van der Waals surface area contributed by atoms with Gasteiger partial charge in [0.2, 0.25) is 10.9 Å². The zero-order chi connectivity index (χ0) is 93.6. The molecule has 1 aliphatic carbocycles. The average molecular weight is 1800 g/mol. The Labute approximate surface area is 763 Å². The maximum absolute atomic E-state index is 12.1. The molecule has 8 aromatic carbocycles. The first-order valence-corrected chi connectivity index (χ1v) is 45.5. The van der Waals surface area contributed by atoms with E-state index < -0.39 is 29.4 Å². The summed E-state index contributed by atoms with van der Waals surface area (Å²) in [5.74, 6) is 0.151. The third-order valence-corrected chi connectivity index (χ3v) is 23.6. The van der Waals surface area contributed by atoms with E-state index in [9.17, 15) is 55.1 Å². The summed E-state index contributed by atoms with van der Waals surface area (Å²) in [5.41, 5.74) is 13.6. The zero-order valence-corrected chi connectivity index (χ0v) is 77.7. The van der Waals surface area contributed by atoms with Crippen molar-refractivity contribution in [2.75, 3.05) is 51.9 Å². The first kappa shape index (κ1) is 100. The van der Waals surface area contributed by atoms with Crippen molar-refractivity contribution in [2.45, 2.75) is 209 Å². The molecule has 688 valence electrons. The Morgan fingerprint density at radius 1 is 0.636 bits per heavy atom. The second kappa shape index (κ2) is 48.5. The Kier molecular flexibility index (Phi) is 37.7. The Morgan fingerprint density at radius 2 is 1.16 bits per heavy atom. The fourth-order valence-corrected chi connectivity index (χ4v) is 15.8. The van der Waals surface area contributed by atoms with Crippen molar-refractivity contribution in [2.24, 2.45) is 5.92 Å². The number of nitrogens with zero attached hydrogens (tertiary/aromatic N) is 12. The molecule has 3 aliphatic rings. The number of thiazole rings is 1. The second-order valence-electron chi connectivity index (χ2n) is 33.1. The lowest BCUT2D eigenvalue weighted by Gasteiger charge is -2.30. The molecule has 0 bridgehead atoms. The van der Waals surface area contributed by atoms with Gasteiger partial charge in [-0.1, -0.05) is 212 Å². The Balaban J connectivity index is 0.000000171. The molecule has 10 N–H and O–H groups in total. The molecule has 7 heterocycles. The molecule has 13 aromatic rings. The van der Waals surface area contributed by atoms with Crippen LogP contribution in [0.1, 0.15) is 201 Å². The van der Waals surface area contributed by atoms with Crippen molar-refractivity contribution in [1.29, 1.82) is 10.5 Å². The number of anilines is 1. The van der Waals surface area contributed by atoms with Crippen molar-refractivity contribution in [1.82, 2.24) is 53.7 Å². The summed E-state index contributed by atoms with van der Waals surface area (Å²) in [6.07, 6.45) is 24.4. The SMILES string of the molecule is CC(Oc1ccccc1C#N)C(=O)N(C)O.CC1(O)CC(N2CCCCC2)=C(O)C1=O.CCC(C)Cc1cc(O)ccc1O.CCCCCCCCCCCCCCCCOC(=O)C(C#N)=Cc1ccc(C)cc1.CN(O)c1nc2ccccc2s1.Cc1cc(C)c(O)c(-n2n3c4ccc(Cl)cc4n23)c1.Cc1cc(C)c(O)c(-n2n3c4ccccc4n23)c1.O=C1NCCN1. The maximum Gasteiger partial charge on any atom is 0.348 e. The number of esters is 1. The topological polar surface area (TPSA) is 370 Å². The lowest BCUT2D eigenvalue weighted by molar-refractivity contribution is -0.166. The number of Topliss-reactive ketones (excluding diaryl/α,β-unsaturated/α-hetero) is 1. The van der Waals surface area contributed by atoms with Gasteiger partial charge in [-0.2, -0.15) is 10.5 Å². The molecule has 0 spiro atoms. The van der Waals surface area contributed by atoms with Crippen molar-refractivity contribution < 1.29 is 69.7 Å². The van der Waals surface area contributed by atoms with E-state index in [1.165, 1.54) is 139 Å². The van der Waals surface area contributed by atoms with Crippen LogP contribution in [0.15, 0.2) is 175 Å². The van der Waals surface area contributed by atoms with E-state index in [0.717, 1.165) is 146 Å². The number of carbonyl (C=O) groups excluding carboxylic acids is 4. The number of ketones is 1. The van der Waals surface area contributed by atoms with Crippen molar-refractivity contribution in [3.8, 4) is 52.3 Å². The minimum absolute atomic E-state index is 0.0463. The Hall–Kier alpha value is -12.6. The van der Waals surface area contributed by atoms with Gasteiger partial charge in [-0.3, -0.25) is 20.0 Å². The number of fused-ring (bicyclic) bond motifs is 9. The fraction of sp³-hybridized carbons (Fsp3) is 0.404. The molecule has 3 atom stereocenters. The molecule has 16 rings (SSSR count). The summed E-state index contributed by atoms with van der Waals surface area (Å²) in [5, 5.41) is 103. The van der Waals surface area contributed by atoms with Gasteiger partial charge in [0.1, 0.15) is 85.5 Å². The number of unbranched alkanes of at least 4 members (excludes halogenated alkanes) is 13. The molecule has 129 heavy (non-hydrogen) atoms. The number of carbonyl (C=O) groups is 4. The van der Waals surface area contributed by atoms with Gasteiger partial charge in [0.05, 0.1) is 28.1 Å². The smallest absolute Gasteiger partial charge is 0.348 e. The van der Waals surface area contributed by atoms with E-state index in [1.807, 2.05) is 183 Å². The number of nitriles is 2. The molecule has 2 fully saturated rings. The van der Waals surface area contributed by atoms with Crippen molar-refractivity contribution in [3.63, 3.8) is 0 Å². The summed E-state index contributed by atoms with van der Waals surface area (Å²) in [6, 6.07) is 52.5.